The Morgan fingerprint density at radius 2 is 1.68 bits per heavy atom. The van der Waals surface area contributed by atoms with Crippen LogP contribution in [0.25, 0.3) is 34.3 Å². The zero-order valence-corrected chi connectivity index (χ0v) is 17.5. The van der Waals surface area contributed by atoms with E-state index in [1.165, 1.54) is 36.4 Å². The summed E-state index contributed by atoms with van der Waals surface area (Å²) in [4.78, 5) is 15.9. The van der Waals surface area contributed by atoms with Crippen molar-refractivity contribution in [2.75, 3.05) is 6.61 Å². The third-order valence-corrected chi connectivity index (χ3v) is 5.01. The van der Waals surface area contributed by atoms with Gasteiger partial charge in [-0.05, 0) is 12.0 Å². The van der Waals surface area contributed by atoms with Crippen LogP contribution in [0.15, 0.2) is 63.6 Å². The Hall–Kier alpha value is -3.83. The molecule has 34 heavy (non-hydrogen) atoms. The van der Waals surface area contributed by atoms with Crippen molar-refractivity contribution in [3.63, 3.8) is 0 Å². The number of aliphatic hydroxyl groups excluding tert-OH is 2. The second-order valence-electron chi connectivity index (χ2n) is 7.34. The maximum Gasteiger partial charge on any atom is 0.422 e. The van der Waals surface area contributed by atoms with E-state index in [0.717, 1.165) is 0 Å². The molecule has 176 valence electrons. The summed E-state index contributed by atoms with van der Waals surface area (Å²) in [6.45, 7) is -0.161. The molecule has 2 aromatic carbocycles. The molecule has 2 heterocycles. The number of nitrogens with zero attached hydrogens (tertiary/aromatic N) is 3. The number of alkyl halides is 3. The molecule has 0 spiro atoms. The quantitative estimate of drug-likeness (QED) is 0.385. The lowest BCUT2D eigenvalue weighted by Gasteiger charge is -2.09. The average molecular weight is 473 g/mol. The summed E-state index contributed by atoms with van der Waals surface area (Å²) >= 11 is 0. The number of benzene rings is 2. The smallest absolute Gasteiger partial charge is 0.396 e. The zero-order valence-electron chi connectivity index (χ0n) is 17.5. The SMILES string of the molecule is O=C(CCCO)C(O)c1ccc(-c2noc(-c3onc(-c4ccccc4)c3C(F)(F)F)n2)cc1. The highest BCUT2D eigenvalue weighted by molar-refractivity contribution is 5.84. The highest BCUT2D eigenvalue weighted by atomic mass is 19.4. The largest absolute Gasteiger partial charge is 0.422 e. The molecule has 0 saturated heterocycles. The molecule has 2 aromatic heterocycles. The maximum atomic E-state index is 13.9. The first-order chi connectivity index (χ1) is 16.3. The Morgan fingerprint density at radius 1 is 0.971 bits per heavy atom. The Bertz CT molecular complexity index is 1270. The summed E-state index contributed by atoms with van der Waals surface area (Å²) in [7, 11) is 0. The molecule has 4 aromatic rings. The van der Waals surface area contributed by atoms with Gasteiger partial charge in [0.1, 0.15) is 17.4 Å². The van der Waals surface area contributed by atoms with E-state index in [0.29, 0.717) is 11.1 Å². The number of aliphatic hydroxyl groups is 2. The Balaban J connectivity index is 1.62. The molecule has 0 aliphatic carbocycles. The Kier molecular flexibility index (Phi) is 6.57. The van der Waals surface area contributed by atoms with E-state index >= 15 is 0 Å². The topological polar surface area (TPSA) is 122 Å². The summed E-state index contributed by atoms with van der Waals surface area (Å²) in [5, 5.41) is 26.2. The monoisotopic (exact) mass is 473 g/mol. The summed E-state index contributed by atoms with van der Waals surface area (Å²) in [5.74, 6) is -1.66. The predicted octanol–water partition coefficient (Wildman–Crippen LogP) is 4.45. The summed E-state index contributed by atoms with van der Waals surface area (Å²) in [5.41, 5.74) is -0.615. The lowest BCUT2D eigenvalue weighted by molar-refractivity contribution is -0.137. The van der Waals surface area contributed by atoms with Crippen LogP contribution >= 0.6 is 0 Å². The van der Waals surface area contributed by atoms with E-state index in [1.807, 2.05) is 0 Å². The van der Waals surface area contributed by atoms with Gasteiger partial charge in [-0.15, -0.1) is 0 Å². The van der Waals surface area contributed by atoms with Gasteiger partial charge in [0.2, 0.25) is 11.6 Å². The normalized spacial score (nSPS) is 12.6. The van der Waals surface area contributed by atoms with Crippen molar-refractivity contribution < 1.29 is 37.2 Å². The van der Waals surface area contributed by atoms with E-state index in [9.17, 15) is 23.1 Å². The van der Waals surface area contributed by atoms with Crippen LogP contribution in [0.1, 0.15) is 30.1 Å². The van der Waals surface area contributed by atoms with Crippen LogP contribution in [0.3, 0.4) is 0 Å². The minimum atomic E-state index is -4.80. The Labute approximate surface area is 190 Å². The molecule has 8 nitrogen and oxygen atoms in total. The third-order valence-electron chi connectivity index (χ3n) is 5.01. The minimum Gasteiger partial charge on any atom is -0.396 e. The second kappa shape index (κ2) is 9.57. The first-order valence-electron chi connectivity index (χ1n) is 10.2. The minimum absolute atomic E-state index is 0.0200. The van der Waals surface area contributed by atoms with Crippen molar-refractivity contribution in [3.8, 4) is 34.3 Å². The average Bonchev–Trinajstić information content (AvgIpc) is 3.50. The molecule has 0 saturated carbocycles. The first-order valence-corrected chi connectivity index (χ1v) is 10.2. The third kappa shape index (κ3) is 4.75. The number of hydrogen-bond acceptors (Lipinski definition) is 8. The van der Waals surface area contributed by atoms with Crippen molar-refractivity contribution in [2.45, 2.75) is 25.1 Å². The number of ketones is 1. The number of carbonyl (C=O) groups is 1. The van der Waals surface area contributed by atoms with Gasteiger partial charge in [-0.3, -0.25) is 4.79 Å². The van der Waals surface area contributed by atoms with Crippen LogP contribution in [0.2, 0.25) is 0 Å². The molecule has 0 radical (unpaired) electrons. The van der Waals surface area contributed by atoms with E-state index in [-0.39, 0.29) is 30.8 Å². The molecular formula is C23H18F3N3O5. The zero-order chi connectivity index (χ0) is 24.3. The molecule has 11 heteroatoms. The number of rotatable bonds is 8. The second-order valence-corrected chi connectivity index (χ2v) is 7.34. The van der Waals surface area contributed by atoms with Crippen molar-refractivity contribution in [1.82, 2.24) is 15.3 Å². The summed E-state index contributed by atoms with van der Waals surface area (Å²) < 4.78 is 51.5. The molecule has 0 bridgehead atoms. The van der Waals surface area contributed by atoms with Gasteiger partial charge < -0.3 is 19.3 Å². The number of hydrogen-bond donors (Lipinski definition) is 2. The van der Waals surface area contributed by atoms with Crippen LogP contribution < -0.4 is 0 Å². The van der Waals surface area contributed by atoms with Gasteiger partial charge in [-0.25, -0.2) is 0 Å². The van der Waals surface area contributed by atoms with E-state index < -0.39 is 41.0 Å². The van der Waals surface area contributed by atoms with Gasteiger partial charge in [0.15, 0.2) is 5.78 Å². The van der Waals surface area contributed by atoms with Crippen molar-refractivity contribution in [3.05, 3.63) is 65.7 Å². The molecular weight excluding hydrogens is 455 g/mol. The summed E-state index contributed by atoms with van der Waals surface area (Å²) in [6, 6.07) is 13.7. The molecule has 0 amide bonds. The van der Waals surface area contributed by atoms with Gasteiger partial charge in [-0.1, -0.05) is 64.9 Å². The number of aromatic nitrogens is 3. The van der Waals surface area contributed by atoms with E-state index in [2.05, 4.69) is 15.3 Å². The van der Waals surface area contributed by atoms with Crippen LogP contribution in [0.4, 0.5) is 13.2 Å². The molecule has 2 N–H and O–H groups in total. The lowest BCUT2D eigenvalue weighted by Crippen LogP contribution is -2.12. The molecule has 0 fully saturated rings. The fourth-order valence-electron chi connectivity index (χ4n) is 3.32. The van der Waals surface area contributed by atoms with Gasteiger partial charge >= 0.3 is 6.18 Å². The van der Waals surface area contributed by atoms with E-state index in [4.69, 9.17) is 14.2 Å². The highest BCUT2D eigenvalue weighted by Crippen LogP contribution is 2.43. The van der Waals surface area contributed by atoms with Gasteiger partial charge in [0, 0.05) is 24.2 Å². The van der Waals surface area contributed by atoms with Crippen LogP contribution in [-0.4, -0.2) is 37.9 Å². The van der Waals surface area contributed by atoms with Crippen LogP contribution in [0.5, 0.6) is 0 Å². The molecule has 0 aliphatic rings. The Morgan fingerprint density at radius 3 is 2.32 bits per heavy atom. The van der Waals surface area contributed by atoms with E-state index in [1.54, 1.807) is 18.2 Å². The van der Waals surface area contributed by atoms with Crippen molar-refractivity contribution in [2.24, 2.45) is 0 Å². The maximum absolute atomic E-state index is 13.9. The fourth-order valence-corrected chi connectivity index (χ4v) is 3.32. The van der Waals surface area contributed by atoms with Gasteiger partial charge in [-0.2, -0.15) is 18.2 Å². The van der Waals surface area contributed by atoms with Gasteiger partial charge in [0.25, 0.3) is 5.89 Å². The van der Waals surface area contributed by atoms with Crippen LogP contribution in [0, 0.1) is 0 Å². The fraction of sp³-hybridized carbons (Fsp3) is 0.217. The number of halogens is 3. The first kappa shape index (κ1) is 23.3. The van der Waals surface area contributed by atoms with Crippen molar-refractivity contribution in [1.29, 1.82) is 0 Å². The highest BCUT2D eigenvalue weighted by Gasteiger charge is 2.42. The molecule has 0 aliphatic heterocycles. The molecule has 4 rings (SSSR count). The lowest BCUT2D eigenvalue weighted by atomic mass is 10.0. The summed E-state index contributed by atoms with van der Waals surface area (Å²) in [6.07, 6.45) is -5.89. The predicted molar refractivity (Wildman–Crippen MR) is 112 cm³/mol. The van der Waals surface area contributed by atoms with Crippen LogP contribution in [-0.2, 0) is 11.0 Å². The van der Waals surface area contributed by atoms with Gasteiger partial charge in [0.05, 0.1) is 0 Å². The molecule has 1 unspecified atom stereocenters. The number of Topliss-reactive ketones (excluding diaryl/α,β-unsaturated/α-hetero) is 1. The molecule has 1 atom stereocenters. The van der Waals surface area contributed by atoms with Crippen molar-refractivity contribution >= 4 is 5.78 Å². The standard InChI is InChI=1S/C23H18F3N3O5/c24-23(25,26)17-18(13-5-2-1-3-6-13)28-33-20(17)22-27-21(29-34-22)15-10-8-14(9-11-15)19(32)16(31)7-4-12-30/h1-3,5-6,8-11,19,30,32H,4,7,12H2. The number of carbonyl (C=O) groups excluding carboxylic acids is 1.